The summed E-state index contributed by atoms with van der Waals surface area (Å²) in [6, 6.07) is 11.3. The maximum absolute atomic E-state index is 13.1. The quantitative estimate of drug-likeness (QED) is 0.322. The maximum Gasteiger partial charge on any atom is 0.375 e. The number of hydrogen-bond acceptors (Lipinski definition) is 5. The molecule has 176 valence electrons. The van der Waals surface area contributed by atoms with Crippen molar-refractivity contribution in [2.75, 3.05) is 19.0 Å². The first-order chi connectivity index (χ1) is 15.3. The van der Waals surface area contributed by atoms with E-state index in [1.165, 1.54) is 9.80 Å². The SMILES string of the molecule is CN(C)C(=O)c1cccc(N(Cc2ccc(Cl)c(Cl)c2)C(=O)CC(=O)C(=O)OC(C)(C)C)c1. The molecule has 0 fully saturated rings. The number of anilines is 1. The molecule has 0 radical (unpaired) electrons. The van der Waals surface area contributed by atoms with E-state index in [4.69, 9.17) is 27.9 Å². The van der Waals surface area contributed by atoms with Crippen LogP contribution in [0.4, 0.5) is 5.69 Å². The van der Waals surface area contributed by atoms with Crippen LogP contribution in [-0.2, 0) is 25.7 Å². The first-order valence-corrected chi connectivity index (χ1v) is 10.9. The zero-order valence-electron chi connectivity index (χ0n) is 19.1. The van der Waals surface area contributed by atoms with Crippen molar-refractivity contribution < 1.29 is 23.9 Å². The van der Waals surface area contributed by atoms with Crippen LogP contribution in [-0.4, -0.2) is 48.2 Å². The van der Waals surface area contributed by atoms with Gasteiger partial charge in [-0.1, -0.05) is 35.3 Å². The number of ketones is 1. The molecule has 2 amide bonds. The van der Waals surface area contributed by atoms with Crippen molar-refractivity contribution in [3.8, 4) is 0 Å². The number of ether oxygens (including phenoxy) is 1. The highest BCUT2D eigenvalue weighted by Gasteiger charge is 2.28. The van der Waals surface area contributed by atoms with E-state index in [9.17, 15) is 19.2 Å². The van der Waals surface area contributed by atoms with Gasteiger partial charge in [0.1, 0.15) is 5.60 Å². The van der Waals surface area contributed by atoms with E-state index in [-0.39, 0.29) is 12.5 Å². The number of benzene rings is 2. The predicted octanol–water partition coefficient (Wildman–Crippen LogP) is 4.53. The molecule has 9 heteroatoms. The summed E-state index contributed by atoms with van der Waals surface area (Å²) in [5.74, 6) is -2.92. The Morgan fingerprint density at radius 1 is 0.939 bits per heavy atom. The van der Waals surface area contributed by atoms with Gasteiger partial charge >= 0.3 is 5.97 Å². The van der Waals surface area contributed by atoms with Gasteiger partial charge in [-0.25, -0.2) is 4.79 Å². The lowest BCUT2D eigenvalue weighted by Gasteiger charge is -2.24. The molecule has 0 aliphatic heterocycles. The molecular formula is C24H26Cl2N2O5. The molecule has 2 aromatic carbocycles. The van der Waals surface area contributed by atoms with Crippen molar-refractivity contribution in [2.45, 2.75) is 39.3 Å². The van der Waals surface area contributed by atoms with Crippen LogP contribution in [0.5, 0.6) is 0 Å². The molecule has 0 saturated heterocycles. The molecule has 0 heterocycles. The number of amides is 2. The lowest BCUT2D eigenvalue weighted by atomic mass is 10.1. The lowest BCUT2D eigenvalue weighted by molar-refractivity contribution is -0.163. The van der Waals surface area contributed by atoms with Crippen molar-refractivity contribution in [3.05, 3.63) is 63.6 Å². The molecule has 2 aromatic rings. The van der Waals surface area contributed by atoms with Crippen molar-refractivity contribution in [1.82, 2.24) is 4.90 Å². The molecule has 0 aliphatic carbocycles. The number of carbonyl (C=O) groups is 4. The average molecular weight is 493 g/mol. The topological polar surface area (TPSA) is 84.0 Å². The second-order valence-electron chi connectivity index (χ2n) is 8.58. The van der Waals surface area contributed by atoms with Gasteiger partial charge in [-0.15, -0.1) is 0 Å². The number of rotatable bonds is 7. The van der Waals surface area contributed by atoms with E-state index in [2.05, 4.69) is 0 Å². The van der Waals surface area contributed by atoms with Crippen molar-refractivity contribution in [2.24, 2.45) is 0 Å². The van der Waals surface area contributed by atoms with Gasteiger partial charge in [-0.05, 0) is 56.7 Å². The molecule has 33 heavy (non-hydrogen) atoms. The molecular weight excluding hydrogens is 467 g/mol. The highest BCUT2D eigenvalue weighted by atomic mass is 35.5. The fraction of sp³-hybridized carbons (Fsp3) is 0.333. The zero-order valence-corrected chi connectivity index (χ0v) is 20.7. The van der Waals surface area contributed by atoms with Crippen LogP contribution in [0.2, 0.25) is 10.0 Å². The number of hydrogen-bond donors (Lipinski definition) is 0. The molecule has 0 unspecified atom stereocenters. The third kappa shape index (κ3) is 7.58. The van der Waals surface area contributed by atoms with Crippen LogP contribution < -0.4 is 4.90 Å². The van der Waals surface area contributed by atoms with E-state index in [1.54, 1.807) is 77.3 Å². The molecule has 0 saturated carbocycles. The Labute approximate surface area is 203 Å². The highest BCUT2D eigenvalue weighted by molar-refractivity contribution is 6.42. The van der Waals surface area contributed by atoms with Crippen molar-refractivity contribution in [1.29, 1.82) is 0 Å². The Bertz CT molecular complexity index is 1080. The third-order valence-corrected chi connectivity index (χ3v) is 5.11. The van der Waals surface area contributed by atoms with Crippen LogP contribution in [0, 0.1) is 0 Å². The molecule has 0 atom stereocenters. The number of Topliss-reactive ketones (excluding diaryl/α,β-unsaturated/α-hetero) is 1. The highest BCUT2D eigenvalue weighted by Crippen LogP contribution is 2.26. The third-order valence-electron chi connectivity index (χ3n) is 4.38. The normalized spacial score (nSPS) is 11.0. The number of halogens is 2. The fourth-order valence-corrected chi connectivity index (χ4v) is 3.17. The van der Waals surface area contributed by atoms with Crippen LogP contribution in [0.25, 0.3) is 0 Å². The average Bonchev–Trinajstić information content (AvgIpc) is 2.72. The minimum absolute atomic E-state index is 0.0386. The van der Waals surface area contributed by atoms with Gasteiger partial charge in [0.05, 0.1) is 23.0 Å². The minimum Gasteiger partial charge on any atom is -0.454 e. The molecule has 0 N–H and O–H groups in total. The summed E-state index contributed by atoms with van der Waals surface area (Å²) in [6.45, 7) is 4.93. The van der Waals surface area contributed by atoms with Gasteiger partial charge in [0.25, 0.3) is 5.91 Å². The Balaban J connectivity index is 2.38. The standard InChI is InChI=1S/C24H26Cl2N2O5/c1-24(2,3)33-23(32)20(29)13-21(30)28(14-15-9-10-18(25)19(26)11-15)17-8-6-7-16(12-17)22(31)27(4)5/h6-12H,13-14H2,1-5H3. The summed E-state index contributed by atoms with van der Waals surface area (Å²) in [5, 5.41) is 0.667. The Hall–Kier alpha value is -2.90. The largest absolute Gasteiger partial charge is 0.454 e. The van der Waals surface area contributed by atoms with E-state index < -0.39 is 29.7 Å². The first-order valence-electron chi connectivity index (χ1n) is 10.1. The summed E-state index contributed by atoms with van der Waals surface area (Å²) in [7, 11) is 3.24. The van der Waals surface area contributed by atoms with Crippen LogP contribution in [0.15, 0.2) is 42.5 Å². The predicted molar refractivity (Wildman–Crippen MR) is 128 cm³/mol. The molecule has 0 bridgehead atoms. The maximum atomic E-state index is 13.1. The van der Waals surface area contributed by atoms with Crippen molar-refractivity contribution >= 4 is 52.5 Å². The molecule has 0 aliphatic rings. The van der Waals surface area contributed by atoms with Crippen LogP contribution in [0.1, 0.15) is 43.1 Å². The second-order valence-corrected chi connectivity index (χ2v) is 9.39. The summed E-state index contributed by atoms with van der Waals surface area (Å²) in [5.41, 5.74) is 0.529. The summed E-state index contributed by atoms with van der Waals surface area (Å²) in [6.07, 6.45) is -0.692. The van der Waals surface area contributed by atoms with Gasteiger partial charge in [0.2, 0.25) is 11.7 Å². The van der Waals surface area contributed by atoms with Crippen LogP contribution in [0.3, 0.4) is 0 Å². The van der Waals surface area contributed by atoms with Gasteiger partial charge in [-0.2, -0.15) is 0 Å². The van der Waals surface area contributed by atoms with E-state index >= 15 is 0 Å². The van der Waals surface area contributed by atoms with Gasteiger partial charge < -0.3 is 14.5 Å². The second kappa shape index (κ2) is 10.8. The van der Waals surface area contributed by atoms with E-state index in [0.29, 0.717) is 26.9 Å². The Morgan fingerprint density at radius 2 is 1.61 bits per heavy atom. The number of esters is 1. The first kappa shape index (κ1) is 26.4. The zero-order chi connectivity index (χ0) is 24.9. The molecule has 2 rings (SSSR count). The van der Waals surface area contributed by atoms with E-state index in [1.807, 2.05) is 0 Å². The number of carbonyl (C=O) groups excluding carboxylic acids is 4. The monoisotopic (exact) mass is 492 g/mol. The Kier molecular flexibility index (Phi) is 8.63. The van der Waals surface area contributed by atoms with Gasteiger partial charge in [0, 0.05) is 25.3 Å². The van der Waals surface area contributed by atoms with Gasteiger partial charge in [0.15, 0.2) is 0 Å². The van der Waals surface area contributed by atoms with Crippen LogP contribution >= 0.6 is 23.2 Å². The molecule has 0 aromatic heterocycles. The Morgan fingerprint density at radius 3 is 2.18 bits per heavy atom. The molecule has 0 spiro atoms. The fourth-order valence-electron chi connectivity index (χ4n) is 2.85. The van der Waals surface area contributed by atoms with Crippen molar-refractivity contribution in [3.63, 3.8) is 0 Å². The lowest BCUT2D eigenvalue weighted by Crippen LogP contribution is -2.36. The number of nitrogens with zero attached hydrogens (tertiary/aromatic N) is 2. The smallest absolute Gasteiger partial charge is 0.375 e. The summed E-state index contributed by atoms with van der Waals surface area (Å²) in [4.78, 5) is 52.7. The van der Waals surface area contributed by atoms with E-state index in [0.717, 1.165) is 0 Å². The minimum atomic E-state index is -1.08. The summed E-state index contributed by atoms with van der Waals surface area (Å²) >= 11 is 12.1. The summed E-state index contributed by atoms with van der Waals surface area (Å²) < 4.78 is 5.07. The van der Waals surface area contributed by atoms with Gasteiger partial charge in [-0.3, -0.25) is 14.4 Å². The molecule has 7 nitrogen and oxygen atoms in total.